The lowest BCUT2D eigenvalue weighted by Gasteiger charge is -2.35. The lowest BCUT2D eigenvalue weighted by atomic mass is 9.65. The molecule has 5 atom stereocenters. The second-order valence-corrected chi connectivity index (χ2v) is 9.26. The maximum absolute atomic E-state index is 13.8. The molecule has 3 fully saturated rings. The van der Waals surface area contributed by atoms with E-state index in [2.05, 4.69) is 10.0 Å². The summed E-state index contributed by atoms with van der Waals surface area (Å²) in [5.41, 5.74) is 7.29. The predicted octanol–water partition coefficient (Wildman–Crippen LogP) is 2.48. The van der Waals surface area contributed by atoms with Crippen molar-refractivity contribution in [3.63, 3.8) is 0 Å². The molecular weight excluding hydrogens is 466 g/mol. The summed E-state index contributed by atoms with van der Waals surface area (Å²) in [6.07, 6.45) is -0.943. The molecule has 184 valence electrons. The molecule has 3 aliphatic heterocycles. The molecule has 0 aliphatic carbocycles. The molecule has 3 heterocycles. The molecule has 5 rings (SSSR count). The fourth-order valence-corrected chi connectivity index (χ4v) is 5.90. The first-order chi connectivity index (χ1) is 17.4. The Kier molecular flexibility index (Phi) is 6.00. The van der Waals surface area contributed by atoms with E-state index in [-0.39, 0.29) is 49.6 Å². The number of nitrogens with zero attached hydrogens (tertiary/aromatic N) is 5. The smallest absolute Gasteiger partial charge is 0.240 e. The van der Waals surface area contributed by atoms with Crippen molar-refractivity contribution in [1.82, 2.24) is 0 Å². The van der Waals surface area contributed by atoms with Gasteiger partial charge in [-0.05, 0) is 29.3 Å². The summed E-state index contributed by atoms with van der Waals surface area (Å²) in [6.45, 7) is -0.197. The van der Waals surface area contributed by atoms with Gasteiger partial charge in [-0.3, -0.25) is 9.59 Å². The van der Waals surface area contributed by atoms with Gasteiger partial charge in [0, 0.05) is 24.4 Å². The standard InChI is InChI=1S/C25H23N5O6/c26-12-16-6-7-17(10-18(16)28-29-27)30-22(33)20-21(23(30)34)25(14-35-13-15-4-2-1-3-5-15)19(32)11-24(20,36-25)8-9-31/h1-7,10,19-21,31-32H,8-9,11,13-14H2/t19-,20+,21-,24+,25-/m1/s1. The molecule has 2 amide bonds. The highest BCUT2D eigenvalue weighted by Crippen LogP contribution is 2.62. The van der Waals surface area contributed by atoms with Crippen LogP contribution in [0.25, 0.3) is 10.4 Å². The van der Waals surface area contributed by atoms with E-state index in [1.807, 2.05) is 36.4 Å². The molecule has 2 aromatic carbocycles. The van der Waals surface area contributed by atoms with Gasteiger partial charge in [-0.15, -0.1) is 0 Å². The summed E-state index contributed by atoms with van der Waals surface area (Å²) in [6, 6.07) is 15.4. The zero-order valence-corrected chi connectivity index (χ0v) is 19.1. The van der Waals surface area contributed by atoms with E-state index in [9.17, 15) is 25.1 Å². The summed E-state index contributed by atoms with van der Waals surface area (Å²) in [5.74, 6) is -3.08. The number of anilines is 1. The number of imide groups is 1. The quantitative estimate of drug-likeness (QED) is 0.248. The molecule has 0 spiro atoms. The number of benzene rings is 2. The molecule has 2 aromatic rings. The Hall–Kier alpha value is -3.78. The third kappa shape index (κ3) is 3.47. The summed E-state index contributed by atoms with van der Waals surface area (Å²) in [7, 11) is 0. The van der Waals surface area contributed by atoms with Crippen LogP contribution < -0.4 is 4.90 Å². The number of nitriles is 1. The van der Waals surface area contributed by atoms with Crippen molar-refractivity contribution in [2.75, 3.05) is 18.1 Å². The Labute approximate surface area is 206 Å². The number of amides is 2. The van der Waals surface area contributed by atoms with Crippen molar-refractivity contribution in [3.8, 4) is 6.07 Å². The zero-order valence-electron chi connectivity index (χ0n) is 19.1. The van der Waals surface area contributed by atoms with Crippen molar-refractivity contribution in [2.24, 2.45) is 17.0 Å². The minimum atomic E-state index is -1.46. The Bertz CT molecular complexity index is 1310. The van der Waals surface area contributed by atoms with E-state index in [4.69, 9.17) is 15.0 Å². The normalized spacial score (nSPS) is 30.2. The molecule has 36 heavy (non-hydrogen) atoms. The van der Waals surface area contributed by atoms with Gasteiger partial charge in [-0.25, -0.2) is 4.90 Å². The number of ether oxygens (including phenoxy) is 2. The van der Waals surface area contributed by atoms with E-state index in [1.165, 1.54) is 18.2 Å². The summed E-state index contributed by atoms with van der Waals surface area (Å²) >= 11 is 0. The van der Waals surface area contributed by atoms with Crippen LogP contribution in [0.3, 0.4) is 0 Å². The van der Waals surface area contributed by atoms with Gasteiger partial charge in [-0.1, -0.05) is 35.4 Å². The van der Waals surface area contributed by atoms with Crippen LogP contribution in [0.5, 0.6) is 0 Å². The number of hydrogen-bond donors (Lipinski definition) is 2. The highest BCUT2D eigenvalue weighted by atomic mass is 16.6. The van der Waals surface area contributed by atoms with Gasteiger partial charge < -0.3 is 19.7 Å². The van der Waals surface area contributed by atoms with Crippen LogP contribution in [0, 0.1) is 23.2 Å². The molecule has 11 heteroatoms. The molecule has 2 bridgehead atoms. The predicted molar refractivity (Wildman–Crippen MR) is 124 cm³/mol. The fraction of sp³-hybridized carbons (Fsp3) is 0.400. The summed E-state index contributed by atoms with van der Waals surface area (Å²) in [4.78, 5) is 31.2. The number of fused-ring (bicyclic) bond motifs is 5. The van der Waals surface area contributed by atoms with Gasteiger partial charge in [0.05, 0.1) is 59.8 Å². The Morgan fingerprint density at radius 1 is 1.22 bits per heavy atom. The molecule has 0 saturated carbocycles. The van der Waals surface area contributed by atoms with Crippen LogP contribution >= 0.6 is 0 Å². The van der Waals surface area contributed by atoms with Crippen LogP contribution in [-0.4, -0.2) is 52.5 Å². The Morgan fingerprint density at radius 2 is 1.97 bits per heavy atom. The lowest BCUT2D eigenvalue weighted by molar-refractivity contribution is -0.152. The van der Waals surface area contributed by atoms with E-state index < -0.39 is 41.0 Å². The van der Waals surface area contributed by atoms with Gasteiger partial charge in [0.2, 0.25) is 11.8 Å². The number of carbonyl (C=O) groups is 2. The van der Waals surface area contributed by atoms with Crippen LogP contribution in [-0.2, 0) is 25.7 Å². The van der Waals surface area contributed by atoms with Crippen molar-refractivity contribution in [2.45, 2.75) is 36.8 Å². The highest BCUT2D eigenvalue weighted by molar-refractivity contribution is 6.23. The lowest BCUT2D eigenvalue weighted by Crippen LogP contribution is -2.54. The third-order valence-corrected chi connectivity index (χ3v) is 7.38. The second-order valence-electron chi connectivity index (χ2n) is 9.26. The number of azide groups is 1. The van der Waals surface area contributed by atoms with Crippen molar-refractivity contribution < 1.29 is 29.3 Å². The molecule has 3 aliphatic rings. The summed E-state index contributed by atoms with van der Waals surface area (Å²) in [5, 5.41) is 33.6. The van der Waals surface area contributed by atoms with Crippen LogP contribution in [0.15, 0.2) is 53.6 Å². The Balaban J connectivity index is 1.51. The van der Waals surface area contributed by atoms with E-state index in [1.54, 1.807) is 0 Å². The summed E-state index contributed by atoms with van der Waals surface area (Å²) < 4.78 is 12.2. The largest absolute Gasteiger partial charge is 0.396 e. The number of aliphatic hydroxyl groups excluding tert-OH is 2. The van der Waals surface area contributed by atoms with Gasteiger partial charge in [-0.2, -0.15) is 5.26 Å². The highest BCUT2D eigenvalue weighted by Gasteiger charge is 2.78. The second kappa shape index (κ2) is 9.02. The van der Waals surface area contributed by atoms with Gasteiger partial charge in [0.1, 0.15) is 5.60 Å². The zero-order chi connectivity index (χ0) is 25.5. The van der Waals surface area contributed by atoms with Crippen LogP contribution in [0.4, 0.5) is 11.4 Å². The average Bonchev–Trinajstić information content (AvgIpc) is 3.42. The van der Waals surface area contributed by atoms with Gasteiger partial charge >= 0.3 is 0 Å². The minimum Gasteiger partial charge on any atom is -0.396 e. The van der Waals surface area contributed by atoms with E-state index in [0.29, 0.717) is 0 Å². The first kappa shape index (κ1) is 23.9. The number of hydrogen-bond acceptors (Lipinski definition) is 8. The molecule has 0 radical (unpaired) electrons. The Morgan fingerprint density at radius 3 is 2.67 bits per heavy atom. The van der Waals surface area contributed by atoms with E-state index in [0.717, 1.165) is 10.5 Å². The third-order valence-electron chi connectivity index (χ3n) is 7.38. The molecule has 0 unspecified atom stereocenters. The number of rotatable bonds is 8. The molecule has 3 saturated heterocycles. The first-order valence-electron chi connectivity index (χ1n) is 11.5. The average molecular weight is 489 g/mol. The first-order valence-corrected chi connectivity index (χ1v) is 11.5. The monoisotopic (exact) mass is 489 g/mol. The fourth-order valence-electron chi connectivity index (χ4n) is 5.90. The van der Waals surface area contributed by atoms with E-state index >= 15 is 0 Å². The van der Waals surface area contributed by atoms with Crippen molar-refractivity contribution >= 4 is 23.2 Å². The topological polar surface area (TPSA) is 169 Å². The van der Waals surface area contributed by atoms with Crippen LogP contribution in [0.2, 0.25) is 0 Å². The SMILES string of the molecule is N#Cc1ccc(N2C(=O)[C@@H]3[C@H](C2=O)[C@]2(COCc4ccccc4)O[C@@]3(CCO)C[C@H]2O)cc1N=[N+]=[N-]. The number of carbonyl (C=O) groups excluding carboxylic acids is 2. The van der Waals surface area contributed by atoms with Crippen molar-refractivity contribution in [3.05, 3.63) is 70.1 Å². The van der Waals surface area contributed by atoms with Gasteiger partial charge in [0.15, 0.2) is 0 Å². The minimum absolute atomic E-state index is 0.0135. The number of aliphatic hydroxyl groups is 2. The van der Waals surface area contributed by atoms with Crippen LogP contribution in [0.1, 0.15) is 24.0 Å². The van der Waals surface area contributed by atoms with Crippen molar-refractivity contribution in [1.29, 1.82) is 5.26 Å². The van der Waals surface area contributed by atoms with Gasteiger partial charge in [0.25, 0.3) is 0 Å². The maximum Gasteiger partial charge on any atom is 0.240 e. The molecule has 11 nitrogen and oxygen atoms in total. The maximum atomic E-state index is 13.8. The molecule has 2 N–H and O–H groups in total. The molecule has 0 aromatic heterocycles. The molecular formula is C25H23N5O6.